The summed E-state index contributed by atoms with van der Waals surface area (Å²) in [7, 11) is 0. The molecule has 0 aromatic rings. The number of barbiturate groups is 1. The summed E-state index contributed by atoms with van der Waals surface area (Å²) in [5.41, 5.74) is -0.953. The SMILES string of the molecule is CC1CCCCC1CN1C(=O)NC(=O)C2(CCCC2)C1=O. The molecule has 1 spiro atoms. The van der Waals surface area contributed by atoms with Crippen molar-refractivity contribution in [3.05, 3.63) is 0 Å². The van der Waals surface area contributed by atoms with Crippen LogP contribution in [0, 0.1) is 17.3 Å². The average Bonchev–Trinajstić information content (AvgIpc) is 2.95. The van der Waals surface area contributed by atoms with Crippen LogP contribution >= 0.6 is 0 Å². The molecule has 3 fully saturated rings. The average molecular weight is 292 g/mol. The number of imide groups is 2. The predicted molar refractivity (Wildman–Crippen MR) is 77.3 cm³/mol. The minimum atomic E-state index is -0.953. The highest BCUT2D eigenvalue weighted by Gasteiger charge is 2.55. The smallest absolute Gasteiger partial charge is 0.277 e. The zero-order valence-corrected chi connectivity index (χ0v) is 12.7. The van der Waals surface area contributed by atoms with Gasteiger partial charge in [0.2, 0.25) is 11.8 Å². The molecule has 2 saturated carbocycles. The first kappa shape index (κ1) is 14.5. The second-order valence-corrected chi connectivity index (χ2v) is 6.99. The van der Waals surface area contributed by atoms with Gasteiger partial charge in [0.05, 0.1) is 0 Å². The van der Waals surface area contributed by atoms with E-state index in [1.807, 2.05) is 0 Å². The third-order valence-electron chi connectivity index (χ3n) is 5.72. The Kier molecular flexibility index (Phi) is 3.76. The van der Waals surface area contributed by atoms with Crippen molar-refractivity contribution in [3.8, 4) is 0 Å². The number of rotatable bonds is 2. The molecule has 1 heterocycles. The van der Waals surface area contributed by atoms with Crippen molar-refractivity contribution in [3.63, 3.8) is 0 Å². The van der Waals surface area contributed by atoms with Crippen LogP contribution in [0.4, 0.5) is 4.79 Å². The minimum absolute atomic E-state index is 0.244. The van der Waals surface area contributed by atoms with Gasteiger partial charge in [-0.05, 0) is 31.1 Å². The van der Waals surface area contributed by atoms with Crippen molar-refractivity contribution in [2.45, 2.75) is 58.3 Å². The van der Waals surface area contributed by atoms with Crippen molar-refractivity contribution in [2.24, 2.45) is 17.3 Å². The number of carbonyl (C=O) groups is 3. The van der Waals surface area contributed by atoms with Crippen LogP contribution in [0.25, 0.3) is 0 Å². The van der Waals surface area contributed by atoms with Crippen LogP contribution in [0.2, 0.25) is 0 Å². The molecule has 1 N–H and O–H groups in total. The number of amides is 4. The number of hydrogen-bond donors (Lipinski definition) is 1. The molecule has 0 aromatic carbocycles. The van der Waals surface area contributed by atoms with Gasteiger partial charge in [0.25, 0.3) is 0 Å². The van der Waals surface area contributed by atoms with Gasteiger partial charge in [0.1, 0.15) is 5.41 Å². The van der Waals surface area contributed by atoms with Crippen molar-refractivity contribution in [2.75, 3.05) is 6.54 Å². The number of carbonyl (C=O) groups excluding carboxylic acids is 3. The van der Waals surface area contributed by atoms with Crippen LogP contribution in [-0.4, -0.2) is 29.3 Å². The number of nitrogens with one attached hydrogen (secondary N) is 1. The molecular formula is C16H24N2O3. The van der Waals surface area contributed by atoms with Crippen molar-refractivity contribution in [1.82, 2.24) is 10.2 Å². The van der Waals surface area contributed by atoms with E-state index in [9.17, 15) is 14.4 Å². The fraction of sp³-hybridized carbons (Fsp3) is 0.812. The minimum Gasteiger partial charge on any atom is -0.277 e. The van der Waals surface area contributed by atoms with E-state index in [0.717, 1.165) is 19.3 Å². The van der Waals surface area contributed by atoms with Gasteiger partial charge >= 0.3 is 6.03 Å². The third kappa shape index (κ3) is 2.36. The van der Waals surface area contributed by atoms with Crippen molar-refractivity contribution >= 4 is 17.8 Å². The summed E-state index contributed by atoms with van der Waals surface area (Å²) >= 11 is 0. The van der Waals surface area contributed by atoms with Gasteiger partial charge in [-0.25, -0.2) is 4.79 Å². The van der Waals surface area contributed by atoms with Crippen LogP contribution in [0.3, 0.4) is 0 Å². The van der Waals surface area contributed by atoms with E-state index in [1.165, 1.54) is 24.2 Å². The monoisotopic (exact) mass is 292 g/mol. The van der Waals surface area contributed by atoms with Gasteiger partial charge in [0, 0.05) is 6.54 Å². The molecule has 116 valence electrons. The van der Waals surface area contributed by atoms with Crippen LogP contribution in [-0.2, 0) is 9.59 Å². The lowest BCUT2D eigenvalue weighted by atomic mass is 9.78. The molecule has 3 rings (SSSR count). The summed E-state index contributed by atoms with van der Waals surface area (Å²) in [5.74, 6) is 0.297. The van der Waals surface area contributed by atoms with E-state index < -0.39 is 11.4 Å². The highest BCUT2D eigenvalue weighted by Crippen LogP contribution is 2.42. The highest BCUT2D eigenvalue weighted by molar-refractivity contribution is 6.19. The highest BCUT2D eigenvalue weighted by atomic mass is 16.2. The van der Waals surface area contributed by atoms with Crippen LogP contribution < -0.4 is 5.32 Å². The topological polar surface area (TPSA) is 66.5 Å². The second kappa shape index (κ2) is 5.43. The lowest BCUT2D eigenvalue weighted by Gasteiger charge is -2.40. The molecule has 3 aliphatic rings. The molecule has 0 aromatic heterocycles. The molecule has 2 atom stereocenters. The van der Waals surface area contributed by atoms with Gasteiger partial charge in [-0.2, -0.15) is 0 Å². The largest absolute Gasteiger partial charge is 0.330 e. The fourth-order valence-electron chi connectivity index (χ4n) is 4.22. The third-order valence-corrected chi connectivity index (χ3v) is 5.72. The lowest BCUT2D eigenvalue weighted by molar-refractivity contribution is -0.151. The van der Waals surface area contributed by atoms with E-state index in [0.29, 0.717) is 31.2 Å². The molecular weight excluding hydrogens is 268 g/mol. The Morgan fingerprint density at radius 1 is 1.10 bits per heavy atom. The predicted octanol–water partition coefficient (Wildman–Crippen LogP) is 2.45. The first-order valence-corrected chi connectivity index (χ1v) is 8.22. The molecule has 0 bridgehead atoms. The summed E-state index contributed by atoms with van der Waals surface area (Å²) in [5, 5.41) is 2.42. The summed E-state index contributed by atoms with van der Waals surface area (Å²) in [6.07, 6.45) is 7.59. The summed E-state index contributed by atoms with van der Waals surface area (Å²) in [4.78, 5) is 38.4. The van der Waals surface area contributed by atoms with Gasteiger partial charge in [-0.15, -0.1) is 0 Å². The Morgan fingerprint density at radius 2 is 1.76 bits per heavy atom. The maximum absolute atomic E-state index is 12.8. The molecule has 5 heteroatoms. The van der Waals surface area contributed by atoms with Crippen LogP contribution in [0.15, 0.2) is 0 Å². The Bertz CT molecular complexity index is 468. The summed E-state index contributed by atoms with van der Waals surface area (Å²) < 4.78 is 0. The number of hydrogen-bond acceptors (Lipinski definition) is 3. The van der Waals surface area contributed by atoms with Crippen LogP contribution in [0.5, 0.6) is 0 Å². The van der Waals surface area contributed by atoms with Gasteiger partial charge < -0.3 is 0 Å². The van der Waals surface area contributed by atoms with E-state index in [4.69, 9.17) is 0 Å². The van der Waals surface area contributed by atoms with Crippen molar-refractivity contribution in [1.29, 1.82) is 0 Å². The normalized spacial score (nSPS) is 32.6. The van der Waals surface area contributed by atoms with Gasteiger partial charge in [-0.3, -0.25) is 19.8 Å². The molecule has 1 saturated heterocycles. The van der Waals surface area contributed by atoms with Gasteiger partial charge in [-0.1, -0.05) is 39.0 Å². The first-order valence-electron chi connectivity index (χ1n) is 8.22. The molecule has 2 unspecified atom stereocenters. The number of urea groups is 1. The van der Waals surface area contributed by atoms with E-state index in [-0.39, 0.29) is 11.8 Å². The molecule has 1 aliphatic heterocycles. The lowest BCUT2D eigenvalue weighted by Crippen LogP contribution is -2.64. The standard InChI is InChI=1S/C16H24N2O3/c1-11-6-2-3-7-12(11)10-18-14(20)16(8-4-5-9-16)13(19)17-15(18)21/h11-12H,2-10H2,1H3,(H,17,19,21). The first-order chi connectivity index (χ1) is 10.0. The maximum Gasteiger partial charge on any atom is 0.330 e. The number of nitrogens with zero attached hydrogens (tertiary/aromatic N) is 1. The van der Waals surface area contributed by atoms with Crippen molar-refractivity contribution < 1.29 is 14.4 Å². The maximum atomic E-state index is 12.8. The Morgan fingerprint density at radius 3 is 2.43 bits per heavy atom. The Balaban J connectivity index is 1.78. The summed E-state index contributed by atoms with van der Waals surface area (Å²) in [6.45, 7) is 2.67. The van der Waals surface area contributed by atoms with E-state index >= 15 is 0 Å². The van der Waals surface area contributed by atoms with E-state index in [2.05, 4.69) is 12.2 Å². The van der Waals surface area contributed by atoms with Crippen LogP contribution in [0.1, 0.15) is 58.3 Å². The zero-order valence-electron chi connectivity index (χ0n) is 12.7. The molecule has 21 heavy (non-hydrogen) atoms. The molecule has 2 aliphatic carbocycles. The Labute approximate surface area is 125 Å². The zero-order chi connectivity index (χ0) is 15.0. The second-order valence-electron chi connectivity index (χ2n) is 6.99. The summed E-state index contributed by atoms with van der Waals surface area (Å²) in [6, 6.07) is -0.514. The molecule has 4 amide bonds. The molecule has 5 nitrogen and oxygen atoms in total. The fourth-order valence-corrected chi connectivity index (χ4v) is 4.22. The van der Waals surface area contributed by atoms with Gasteiger partial charge in [0.15, 0.2) is 0 Å². The van der Waals surface area contributed by atoms with E-state index in [1.54, 1.807) is 0 Å². The quantitative estimate of drug-likeness (QED) is 0.795. The Hall–Kier alpha value is -1.39. The molecule has 0 radical (unpaired) electrons.